The van der Waals surface area contributed by atoms with Crippen LogP contribution in [0.4, 0.5) is 5.13 Å². The maximum Gasteiger partial charge on any atom is 0.340 e. The SMILES string of the molecule is CC(C)c1cnc(NC(=O)[C@H](C)NC(=O)[C@@H](OC(=O)[C@@H](O)c2ccccc2)c2ccccc2)s1. The van der Waals surface area contributed by atoms with E-state index >= 15 is 0 Å². The predicted molar refractivity (Wildman–Crippen MR) is 129 cm³/mol. The smallest absolute Gasteiger partial charge is 0.340 e. The number of hydrogen-bond acceptors (Lipinski definition) is 7. The van der Waals surface area contributed by atoms with Gasteiger partial charge in [0.15, 0.2) is 11.2 Å². The van der Waals surface area contributed by atoms with Crippen molar-refractivity contribution in [1.82, 2.24) is 10.3 Å². The third-order valence-corrected chi connectivity index (χ3v) is 6.20. The topological polar surface area (TPSA) is 118 Å². The van der Waals surface area contributed by atoms with Gasteiger partial charge in [-0.05, 0) is 18.4 Å². The standard InChI is InChI=1S/C25H27N3O5S/c1-15(2)19-14-26-25(34-19)28-22(30)16(3)27-23(31)21(18-12-8-5-9-13-18)33-24(32)20(29)17-10-6-4-7-11-17/h4-16,20-21,29H,1-3H3,(H,27,31)(H,26,28,30)/t16-,20-,21-/m0/s1. The van der Waals surface area contributed by atoms with Gasteiger partial charge in [0.2, 0.25) is 12.0 Å². The van der Waals surface area contributed by atoms with Crippen LogP contribution in [0, 0.1) is 0 Å². The molecule has 2 aromatic carbocycles. The lowest BCUT2D eigenvalue weighted by atomic mass is 10.1. The van der Waals surface area contributed by atoms with Crippen molar-refractivity contribution in [3.63, 3.8) is 0 Å². The Morgan fingerprint density at radius 1 is 0.912 bits per heavy atom. The van der Waals surface area contributed by atoms with Crippen LogP contribution in [0.3, 0.4) is 0 Å². The first-order valence-corrected chi connectivity index (χ1v) is 11.6. The van der Waals surface area contributed by atoms with Gasteiger partial charge in [0, 0.05) is 16.6 Å². The summed E-state index contributed by atoms with van der Waals surface area (Å²) < 4.78 is 5.40. The molecule has 3 aromatic rings. The molecule has 0 spiro atoms. The number of nitrogens with one attached hydrogen (secondary N) is 2. The van der Waals surface area contributed by atoms with Crippen molar-refractivity contribution in [3.05, 3.63) is 82.9 Å². The van der Waals surface area contributed by atoms with Gasteiger partial charge in [-0.25, -0.2) is 9.78 Å². The summed E-state index contributed by atoms with van der Waals surface area (Å²) in [5.74, 6) is -1.84. The summed E-state index contributed by atoms with van der Waals surface area (Å²) in [6, 6.07) is 15.8. The Bertz CT molecular complexity index is 1120. The Hall–Kier alpha value is -3.56. The van der Waals surface area contributed by atoms with Crippen LogP contribution in [0.15, 0.2) is 66.9 Å². The van der Waals surface area contributed by atoms with E-state index in [-0.39, 0.29) is 5.92 Å². The first-order valence-electron chi connectivity index (χ1n) is 10.8. The zero-order valence-electron chi connectivity index (χ0n) is 19.1. The number of carbonyl (C=O) groups is 3. The average Bonchev–Trinajstić information content (AvgIpc) is 3.31. The van der Waals surface area contributed by atoms with Gasteiger partial charge in [-0.1, -0.05) is 74.5 Å². The number of carbonyl (C=O) groups excluding carboxylic acids is 3. The Kier molecular flexibility index (Phi) is 8.50. The summed E-state index contributed by atoms with van der Waals surface area (Å²) in [4.78, 5) is 43.5. The summed E-state index contributed by atoms with van der Waals surface area (Å²) in [7, 11) is 0. The Labute approximate surface area is 202 Å². The third-order valence-electron chi connectivity index (χ3n) is 4.99. The second-order valence-corrected chi connectivity index (χ2v) is 9.05. The first kappa shape index (κ1) is 25.1. The quantitative estimate of drug-likeness (QED) is 0.401. The number of ether oxygens (including phenoxy) is 1. The van der Waals surface area contributed by atoms with Gasteiger partial charge in [0.25, 0.3) is 5.91 Å². The molecule has 9 heteroatoms. The molecular formula is C25H27N3O5S. The summed E-state index contributed by atoms with van der Waals surface area (Å²) in [5.41, 5.74) is 0.749. The second-order valence-electron chi connectivity index (χ2n) is 7.98. The lowest BCUT2D eigenvalue weighted by molar-refractivity contribution is -0.165. The van der Waals surface area contributed by atoms with E-state index in [0.717, 1.165) is 4.88 Å². The fraction of sp³-hybridized carbons (Fsp3) is 0.280. The van der Waals surface area contributed by atoms with E-state index in [4.69, 9.17) is 4.74 Å². The van der Waals surface area contributed by atoms with Crippen LogP contribution in [-0.2, 0) is 19.1 Å². The zero-order valence-corrected chi connectivity index (χ0v) is 19.9. The van der Waals surface area contributed by atoms with Gasteiger partial charge in [-0.15, -0.1) is 11.3 Å². The molecule has 0 fully saturated rings. The third kappa shape index (κ3) is 6.49. The molecule has 0 saturated heterocycles. The number of esters is 1. The molecule has 0 saturated carbocycles. The lowest BCUT2D eigenvalue weighted by Gasteiger charge is -2.22. The number of aromatic nitrogens is 1. The van der Waals surface area contributed by atoms with Crippen LogP contribution in [0.2, 0.25) is 0 Å². The minimum Gasteiger partial charge on any atom is -0.445 e. The fourth-order valence-corrected chi connectivity index (χ4v) is 3.85. The molecule has 0 bridgehead atoms. The van der Waals surface area contributed by atoms with Crippen molar-refractivity contribution < 1.29 is 24.2 Å². The molecule has 3 rings (SSSR count). The van der Waals surface area contributed by atoms with Crippen molar-refractivity contribution in [2.75, 3.05) is 5.32 Å². The van der Waals surface area contributed by atoms with E-state index in [1.807, 2.05) is 13.8 Å². The summed E-state index contributed by atoms with van der Waals surface area (Å²) in [5, 5.41) is 16.1. The molecule has 0 aliphatic heterocycles. The van der Waals surface area contributed by atoms with E-state index in [9.17, 15) is 19.5 Å². The first-order chi connectivity index (χ1) is 16.3. The summed E-state index contributed by atoms with van der Waals surface area (Å²) in [6.45, 7) is 5.58. The van der Waals surface area contributed by atoms with E-state index in [1.54, 1.807) is 66.9 Å². The van der Waals surface area contributed by atoms with Crippen molar-refractivity contribution in [2.24, 2.45) is 0 Å². The molecule has 0 unspecified atom stereocenters. The second kappa shape index (κ2) is 11.5. The molecular weight excluding hydrogens is 454 g/mol. The minimum absolute atomic E-state index is 0.285. The largest absolute Gasteiger partial charge is 0.445 e. The molecule has 34 heavy (non-hydrogen) atoms. The zero-order chi connectivity index (χ0) is 24.7. The highest BCUT2D eigenvalue weighted by atomic mass is 32.1. The van der Waals surface area contributed by atoms with Crippen molar-refractivity contribution >= 4 is 34.3 Å². The highest BCUT2D eigenvalue weighted by Crippen LogP contribution is 2.25. The van der Waals surface area contributed by atoms with Gasteiger partial charge < -0.3 is 20.5 Å². The molecule has 178 valence electrons. The van der Waals surface area contributed by atoms with Crippen molar-refractivity contribution in [3.8, 4) is 0 Å². The normalized spacial score (nSPS) is 13.6. The van der Waals surface area contributed by atoms with E-state index in [1.165, 1.54) is 18.3 Å². The number of amides is 2. The van der Waals surface area contributed by atoms with Gasteiger partial charge >= 0.3 is 5.97 Å². The predicted octanol–water partition coefficient (Wildman–Crippen LogP) is 3.73. The molecule has 0 radical (unpaired) electrons. The maximum absolute atomic E-state index is 13.0. The minimum atomic E-state index is -1.55. The van der Waals surface area contributed by atoms with Crippen LogP contribution in [0.1, 0.15) is 54.9 Å². The molecule has 0 aliphatic carbocycles. The highest BCUT2D eigenvalue weighted by Gasteiger charge is 2.30. The number of anilines is 1. The van der Waals surface area contributed by atoms with Crippen LogP contribution < -0.4 is 10.6 Å². The maximum atomic E-state index is 13.0. The van der Waals surface area contributed by atoms with Crippen LogP contribution in [0.25, 0.3) is 0 Å². The van der Waals surface area contributed by atoms with Crippen LogP contribution in [-0.4, -0.2) is 33.9 Å². The molecule has 1 heterocycles. The highest BCUT2D eigenvalue weighted by molar-refractivity contribution is 7.15. The Balaban J connectivity index is 1.69. The number of aliphatic hydroxyl groups excluding tert-OH is 1. The van der Waals surface area contributed by atoms with Gasteiger partial charge in [0.1, 0.15) is 6.04 Å². The number of benzene rings is 2. The van der Waals surface area contributed by atoms with Crippen molar-refractivity contribution in [2.45, 2.75) is 44.9 Å². The summed E-state index contributed by atoms with van der Waals surface area (Å²) in [6.07, 6.45) is -1.20. The van der Waals surface area contributed by atoms with E-state index in [2.05, 4.69) is 15.6 Å². The molecule has 3 N–H and O–H groups in total. The Morgan fingerprint density at radius 2 is 1.50 bits per heavy atom. The van der Waals surface area contributed by atoms with E-state index < -0.39 is 36.0 Å². The number of aliphatic hydroxyl groups is 1. The summed E-state index contributed by atoms with van der Waals surface area (Å²) >= 11 is 1.37. The van der Waals surface area contributed by atoms with Crippen LogP contribution >= 0.6 is 11.3 Å². The average molecular weight is 482 g/mol. The molecule has 3 atom stereocenters. The van der Waals surface area contributed by atoms with E-state index in [0.29, 0.717) is 16.3 Å². The number of nitrogens with zero attached hydrogens (tertiary/aromatic N) is 1. The van der Waals surface area contributed by atoms with Gasteiger partial charge in [-0.3, -0.25) is 9.59 Å². The number of hydrogen-bond donors (Lipinski definition) is 3. The molecule has 2 amide bonds. The Morgan fingerprint density at radius 3 is 2.06 bits per heavy atom. The van der Waals surface area contributed by atoms with Crippen molar-refractivity contribution in [1.29, 1.82) is 0 Å². The molecule has 8 nitrogen and oxygen atoms in total. The molecule has 1 aromatic heterocycles. The van der Waals surface area contributed by atoms with Crippen LogP contribution in [0.5, 0.6) is 0 Å². The fourth-order valence-electron chi connectivity index (χ4n) is 3.03. The molecule has 0 aliphatic rings. The monoisotopic (exact) mass is 481 g/mol. The van der Waals surface area contributed by atoms with Gasteiger partial charge in [-0.2, -0.15) is 0 Å². The number of rotatable bonds is 9. The number of thiazole rings is 1. The van der Waals surface area contributed by atoms with Gasteiger partial charge in [0.05, 0.1) is 0 Å². The lowest BCUT2D eigenvalue weighted by Crippen LogP contribution is -2.44.